The summed E-state index contributed by atoms with van der Waals surface area (Å²) < 4.78 is 2.36. The summed E-state index contributed by atoms with van der Waals surface area (Å²) >= 11 is 8.15. The maximum absolute atomic E-state index is 6.22. The molecule has 0 spiro atoms. The van der Waals surface area contributed by atoms with Crippen LogP contribution in [0.4, 0.5) is 0 Å². The van der Waals surface area contributed by atoms with Crippen LogP contribution in [-0.2, 0) is 6.54 Å². The molecule has 0 amide bonds. The number of thioether (sulfide) groups is 1. The molecule has 19 heavy (non-hydrogen) atoms. The summed E-state index contributed by atoms with van der Waals surface area (Å²) in [4.78, 5) is 0. The van der Waals surface area contributed by atoms with Crippen LogP contribution in [0.1, 0.15) is 19.3 Å². The third kappa shape index (κ3) is 2.39. The molecule has 5 heteroatoms. The first-order chi connectivity index (χ1) is 9.24. The zero-order valence-electron chi connectivity index (χ0n) is 10.8. The average Bonchev–Trinajstić information content (AvgIpc) is 2.76. The van der Waals surface area contributed by atoms with E-state index in [9.17, 15) is 0 Å². The van der Waals surface area contributed by atoms with Gasteiger partial charge in [-0.1, -0.05) is 36.8 Å². The Bertz CT molecular complexity index is 558. The topological polar surface area (TPSA) is 30.7 Å². The summed E-state index contributed by atoms with van der Waals surface area (Å²) in [6.45, 7) is 0.893. The molecule has 1 aliphatic rings. The third-order valence-corrected chi connectivity index (χ3v) is 5.56. The molecule has 1 saturated carbocycles. The van der Waals surface area contributed by atoms with Gasteiger partial charge in [0.2, 0.25) is 5.28 Å². The Hall–Kier alpha value is -1.00. The SMILES string of the molecule is CSC1(Cn2c(Cl)nnc2-c2ccccc2)CCC1. The third-order valence-electron chi connectivity index (χ3n) is 3.88. The number of rotatable bonds is 4. The number of nitrogens with zero attached hydrogens (tertiary/aromatic N) is 3. The van der Waals surface area contributed by atoms with Crippen LogP contribution < -0.4 is 0 Å². The monoisotopic (exact) mass is 293 g/mol. The highest BCUT2D eigenvalue weighted by Crippen LogP contribution is 2.45. The molecule has 2 aromatic rings. The Morgan fingerprint density at radius 2 is 2.00 bits per heavy atom. The lowest BCUT2D eigenvalue weighted by atomic mass is 9.84. The van der Waals surface area contributed by atoms with Gasteiger partial charge >= 0.3 is 0 Å². The van der Waals surface area contributed by atoms with E-state index in [0.29, 0.717) is 10.0 Å². The van der Waals surface area contributed by atoms with Crippen molar-refractivity contribution in [2.45, 2.75) is 30.6 Å². The first kappa shape index (κ1) is 13.0. The minimum absolute atomic E-state index is 0.315. The van der Waals surface area contributed by atoms with E-state index in [1.54, 1.807) is 0 Å². The molecule has 0 bridgehead atoms. The van der Waals surface area contributed by atoms with Crippen LogP contribution in [-0.4, -0.2) is 25.8 Å². The van der Waals surface area contributed by atoms with Crippen molar-refractivity contribution in [3.05, 3.63) is 35.6 Å². The molecule has 0 radical (unpaired) electrons. The predicted molar refractivity (Wildman–Crippen MR) is 80.6 cm³/mol. The van der Waals surface area contributed by atoms with Gasteiger partial charge in [0, 0.05) is 16.9 Å². The van der Waals surface area contributed by atoms with Gasteiger partial charge in [-0.2, -0.15) is 11.8 Å². The van der Waals surface area contributed by atoms with Crippen molar-refractivity contribution < 1.29 is 0 Å². The van der Waals surface area contributed by atoms with Crippen LogP contribution >= 0.6 is 23.4 Å². The fourth-order valence-electron chi connectivity index (χ4n) is 2.51. The molecule has 0 aliphatic heterocycles. The average molecular weight is 294 g/mol. The summed E-state index contributed by atoms with van der Waals surface area (Å²) in [5, 5.41) is 8.76. The molecule has 0 unspecified atom stereocenters. The van der Waals surface area contributed by atoms with E-state index in [1.165, 1.54) is 19.3 Å². The molecule has 1 heterocycles. The fourth-order valence-corrected chi connectivity index (χ4v) is 3.64. The minimum Gasteiger partial charge on any atom is -0.296 e. The summed E-state index contributed by atoms with van der Waals surface area (Å²) in [5.74, 6) is 0.867. The van der Waals surface area contributed by atoms with Crippen molar-refractivity contribution in [2.75, 3.05) is 6.26 Å². The van der Waals surface area contributed by atoms with Gasteiger partial charge in [-0.15, -0.1) is 10.2 Å². The first-order valence-corrected chi connectivity index (χ1v) is 8.04. The molecule has 3 rings (SSSR count). The molecule has 0 atom stereocenters. The molecule has 3 nitrogen and oxygen atoms in total. The van der Waals surface area contributed by atoms with Gasteiger partial charge in [-0.3, -0.25) is 4.57 Å². The zero-order chi connectivity index (χ0) is 13.3. The standard InChI is InChI=1S/C14H16ClN3S/c1-19-14(8-5-9-14)10-18-12(16-17-13(18)15)11-6-3-2-4-7-11/h2-4,6-7H,5,8-10H2,1H3. The van der Waals surface area contributed by atoms with Crippen LogP contribution in [0.25, 0.3) is 11.4 Å². The highest BCUT2D eigenvalue weighted by molar-refractivity contribution is 8.00. The van der Waals surface area contributed by atoms with E-state index in [4.69, 9.17) is 11.6 Å². The van der Waals surface area contributed by atoms with Crippen LogP contribution in [0, 0.1) is 0 Å². The van der Waals surface area contributed by atoms with Gasteiger partial charge in [-0.05, 0) is 30.7 Å². The van der Waals surface area contributed by atoms with Crippen molar-refractivity contribution in [3.8, 4) is 11.4 Å². The second-order valence-corrected chi connectivity index (χ2v) is 6.60. The van der Waals surface area contributed by atoms with E-state index in [0.717, 1.165) is 17.9 Å². The molecule has 1 aromatic heterocycles. The van der Waals surface area contributed by atoms with Crippen molar-refractivity contribution >= 4 is 23.4 Å². The second kappa shape index (κ2) is 5.17. The highest BCUT2D eigenvalue weighted by Gasteiger charge is 2.37. The predicted octanol–water partition coefficient (Wildman–Crippen LogP) is 3.88. The Morgan fingerprint density at radius 1 is 1.26 bits per heavy atom. The maximum Gasteiger partial charge on any atom is 0.225 e. The van der Waals surface area contributed by atoms with Gasteiger partial charge in [0.25, 0.3) is 0 Å². The van der Waals surface area contributed by atoms with E-state index in [1.807, 2.05) is 46.7 Å². The van der Waals surface area contributed by atoms with Crippen molar-refractivity contribution in [3.63, 3.8) is 0 Å². The molecule has 0 saturated heterocycles. The second-order valence-electron chi connectivity index (χ2n) is 4.99. The molecule has 1 aromatic carbocycles. The van der Waals surface area contributed by atoms with E-state index in [2.05, 4.69) is 16.5 Å². The summed E-state index contributed by atoms with van der Waals surface area (Å²) in [6, 6.07) is 10.1. The van der Waals surface area contributed by atoms with Gasteiger partial charge in [-0.25, -0.2) is 0 Å². The zero-order valence-corrected chi connectivity index (χ0v) is 12.4. The molecule has 0 N–H and O–H groups in total. The quantitative estimate of drug-likeness (QED) is 0.857. The number of aromatic nitrogens is 3. The van der Waals surface area contributed by atoms with Gasteiger partial charge in [0.15, 0.2) is 5.82 Å². The lowest BCUT2D eigenvalue weighted by molar-refractivity contribution is 0.323. The summed E-state index contributed by atoms with van der Waals surface area (Å²) in [7, 11) is 0. The number of benzene rings is 1. The van der Waals surface area contributed by atoms with Gasteiger partial charge in [0.1, 0.15) is 0 Å². The molecular formula is C14H16ClN3S. The van der Waals surface area contributed by atoms with Crippen LogP contribution in [0.3, 0.4) is 0 Å². The van der Waals surface area contributed by atoms with Crippen molar-refractivity contribution in [1.29, 1.82) is 0 Å². The van der Waals surface area contributed by atoms with Crippen LogP contribution in [0.2, 0.25) is 5.28 Å². The van der Waals surface area contributed by atoms with E-state index in [-0.39, 0.29) is 0 Å². The summed E-state index contributed by atoms with van der Waals surface area (Å²) in [6.07, 6.45) is 5.98. The molecule has 1 aliphatic carbocycles. The first-order valence-electron chi connectivity index (χ1n) is 6.43. The number of hydrogen-bond donors (Lipinski definition) is 0. The number of halogens is 1. The molecule has 1 fully saturated rings. The summed E-state index contributed by atoms with van der Waals surface area (Å²) in [5.41, 5.74) is 1.07. The molecule has 100 valence electrons. The Balaban J connectivity index is 1.95. The lowest BCUT2D eigenvalue weighted by Crippen LogP contribution is -2.38. The van der Waals surface area contributed by atoms with Crippen molar-refractivity contribution in [2.24, 2.45) is 0 Å². The molecular weight excluding hydrogens is 278 g/mol. The van der Waals surface area contributed by atoms with Crippen molar-refractivity contribution in [1.82, 2.24) is 14.8 Å². The van der Waals surface area contributed by atoms with E-state index >= 15 is 0 Å². The fraction of sp³-hybridized carbons (Fsp3) is 0.429. The smallest absolute Gasteiger partial charge is 0.225 e. The largest absolute Gasteiger partial charge is 0.296 e. The highest BCUT2D eigenvalue weighted by atomic mass is 35.5. The van der Waals surface area contributed by atoms with Gasteiger partial charge in [0.05, 0.1) is 0 Å². The van der Waals surface area contributed by atoms with Crippen LogP contribution in [0.5, 0.6) is 0 Å². The van der Waals surface area contributed by atoms with Crippen LogP contribution in [0.15, 0.2) is 30.3 Å². The van der Waals surface area contributed by atoms with E-state index < -0.39 is 0 Å². The van der Waals surface area contributed by atoms with Gasteiger partial charge < -0.3 is 0 Å². The minimum atomic E-state index is 0.315. The normalized spacial score (nSPS) is 17.2. The number of hydrogen-bond acceptors (Lipinski definition) is 3. The Kier molecular flexibility index (Phi) is 3.54. The lowest BCUT2D eigenvalue weighted by Gasteiger charge is -2.40. The maximum atomic E-state index is 6.22. The Labute approximate surface area is 122 Å². The Morgan fingerprint density at radius 3 is 2.58 bits per heavy atom.